The lowest BCUT2D eigenvalue weighted by Gasteiger charge is -2.09. The second-order valence-electron chi connectivity index (χ2n) is 5.24. The third-order valence-corrected chi connectivity index (χ3v) is 4.62. The standard InChI is InChI=1S/C17H13NO5S/c1-24(21,22)16-8-4-7-15(17(16)18(19)20)23-14-10-9-12-5-2-3-6-13(12)11-14/h2-11H,1H3. The highest BCUT2D eigenvalue weighted by molar-refractivity contribution is 7.90. The number of rotatable bonds is 4. The smallest absolute Gasteiger partial charge is 0.330 e. The van der Waals surface area contributed by atoms with Crippen molar-refractivity contribution in [3.63, 3.8) is 0 Å². The van der Waals surface area contributed by atoms with Gasteiger partial charge in [0.15, 0.2) is 9.84 Å². The zero-order valence-corrected chi connectivity index (χ0v) is 13.5. The molecule has 0 aliphatic rings. The van der Waals surface area contributed by atoms with Crippen LogP contribution in [0.25, 0.3) is 10.8 Å². The molecule has 0 aliphatic heterocycles. The van der Waals surface area contributed by atoms with Crippen molar-refractivity contribution >= 4 is 26.3 Å². The van der Waals surface area contributed by atoms with Crippen LogP contribution in [0.4, 0.5) is 5.69 Å². The van der Waals surface area contributed by atoms with Crippen LogP contribution in [0.1, 0.15) is 0 Å². The van der Waals surface area contributed by atoms with Crippen LogP contribution in [-0.4, -0.2) is 19.6 Å². The summed E-state index contributed by atoms with van der Waals surface area (Å²) in [6.45, 7) is 0. The molecule has 0 radical (unpaired) electrons. The zero-order chi connectivity index (χ0) is 17.3. The van der Waals surface area contributed by atoms with Gasteiger partial charge < -0.3 is 4.74 Å². The van der Waals surface area contributed by atoms with Gasteiger partial charge in [-0.2, -0.15) is 0 Å². The molecule has 122 valence electrons. The first-order valence-electron chi connectivity index (χ1n) is 7.00. The summed E-state index contributed by atoms with van der Waals surface area (Å²) in [6, 6.07) is 16.8. The van der Waals surface area contributed by atoms with Crippen LogP contribution in [0.5, 0.6) is 11.5 Å². The third-order valence-electron chi connectivity index (χ3n) is 3.49. The van der Waals surface area contributed by atoms with Crippen LogP contribution in [0.15, 0.2) is 65.6 Å². The lowest BCUT2D eigenvalue weighted by atomic mass is 10.1. The highest BCUT2D eigenvalue weighted by Gasteiger charge is 2.27. The molecular formula is C17H13NO5S. The quantitative estimate of drug-likeness (QED) is 0.529. The van der Waals surface area contributed by atoms with Gasteiger partial charge in [0.05, 0.1) is 4.92 Å². The van der Waals surface area contributed by atoms with E-state index in [1.54, 1.807) is 12.1 Å². The summed E-state index contributed by atoms with van der Waals surface area (Å²) in [5.41, 5.74) is -0.562. The maximum atomic E-state index is 11.8. The molecule has 0 N–H and O–H groups in total. The Morgan fingerprint density at radius 1 is 0.958 bits per heavy atom. The maximum Gasteiger partial charge on any atom is 0.330 e. The monoisotopic (exact) mass is 343 g/mol. The molecule has 0 bridgehead atoms. The predicted molar refractivity (Wildman–Crippen MR) is 90.2 cm³/mol. The first-order valence-corrected chi connectivity index (χ1v) is 8.89. The molecule has 6 nitrogen and oxygen atoms in total. The Morgan fingerprint density at radius 3 is 2.33 bits per heavy atom. The minimum absolute atomic E-state index is 0.113. The predicted octanol–water partition coefficient (Wildman–Crippen LogP) is 3.94. The summed E-state index contributed by atoms with van der Waals surface area (Å²) >= 11 is 0. The minimum atomic E-state index is -3.75. The van der Waals surface area contributed by atoms with Gasteiger partial charge in [0.2, 0.25) is 5.75 Å². The van der Waals surface area contributed by atoms with Crippen molar-refractivity contribution in [3.05, 3.63) is 70.8 Å². The first kappa shape index (κ1) is 15.9. The molecule has 0 atom stereocenters. The van der Waals surface area contributed by atoms with Crippen molar-refractivity contribution in [3.8, 4) is 11.5 Å². The summed E-state index contributed by atoms with van der Waals surface area (Å²) in [5, 5.41) is 13.3. The Labute approximate surface area is 138 Å². The van der Waals surface area contributed by atoms with Crippen LogP contribution in [-0.2, 0) is 9.84 Å². The SMILES string of the molecule is CS(=O)(=O)c1cccc(Oc2ccc3ccccc3c2)c1[N+](=O)[O-]. The number of benzene rings is 3. The molecule has 0 fully saturated rings. The van der Waals surface area contributed by atoms with Crippen LogP contribution < -0.4 is 4.74 Å². The van der Waals surface area contributed by atoms with E-state index in [0.717, 1.165) is 17.0 Å². The topological polar surface area (TPSA) is 86.5 Å². The lowest BCUT2D eigenvalue weighted by molar-refractivity contribution is -0.388. The Morgan fingerprint density at radius 2 is 1.67 bits per heavy atom. The number of para-hydroxylation sites is 1. The summed E-state index contributed by atoms with van der Waals surface area (Å²) < 4.78 is 29.2. The summed E-state index contributed by atoms with van der Waals surface area (Å²) in [6.07, 6.45) is 0.926. The zero-order valence-electron chi connectivity index (χ0n) is 12.7. The van der Waals surface area contributed by atoms with Gasteiger partial charge in [-0.1, -0.05) is 36.4 Å². The van der Waals surface area contributed by atoms with Gasteiger partial charge in [-0.15, -0.1) is 0 Å². The molecule has 3 aromatic rings. The maximum absolute atomic E-state index is 11.8. The number of hydrogen-bond donors (Lipinski definition) is 0. The number of fused-ring (bicyclic) bond motifs is 1. The molecule has 7 heteroatoms. The van der Waals surface area contributed by atoms with Crippen molar-refractivity contribution in [2.75, 3.05) is 6.26 Å². The molecule has 0 amide bonds. The number of sulfone groups is 1. The van der Waals surface area contributed by atoms with Crippen molar-refractivity contribution in [1.82, 2.24) is 0 Å². The van der Waals surface area contributed by atoms with E-state index >= 15 is 0 Å². The molecule has 3 rings (SSSR count). The van der Waals surface area contributed by atoms with E-state index in [9.17, 15) is 18.5 Å². The Kier molecular flexibility index (Phi) is 3.94. The Balaban J connectivity index is 2.10. The van der Waals surface area contributed by atoms with Crippen molar-refractivity contribution < 1.29 is 18.1 Å². The van der Waals surface area contributed by atoms with E-state index < -0.39 is 20.4 Å². The van der Waals surface area contributed by atoms with E-state index in [4.69, 9.17) is 4.74 Å². The van der Waals surface area contributed by atoms with Gasteiger partial charge in [-0.25, -0.2) is 8.42 Å². The molecule has 0 saturated carbocycles. The largest absolute Gasteiger partial charge is 0.450 e. The van der Waals surface area contributed by atoms with Crippen molar-refractivity contribution in [2.24, 2.45) is 0 Å². The molecular weight excluding hydrogens is 330 g/mol. The number of nitro benzene ring substituents is 1. The van der Waals surface area contributed by atoms with Gasteiger partial charge in [0.25, 0.3) is 0 Å². The number of nitro groups is 1. The highest BCUT2D eigenvalue weighted by atomic mass is 32.2. The normalized spacial score (nSPS) is 11.4. The average Bonchev–Trinajstić information content (AvgIpc) is 2.53. The molecule has 0 saturated heterocycles. The summed E-state index contributed by atoms with van der Waals surface area (Å²) in [5.74, 6) is 0.278. The number of nitrogens with zero attached hydrogens (tertiary/aromatic N) is 1. The van der Waals surface area contributed by atoms with E-state index in [-0.39, 0.29) is 10.6 Å². The Hall–Kier alpha value is -2.93. The van der Waals surface area contributed by atoms with E-state index in [1.165, 1.54) is 18.2 Å². The van der Waals surface area contributed by atoms with E-state index in [1.807, 2.05) is 30.3 Å². The van der Waals surface area contributed by atoms with Gasteiger partial charge in [0.1, 0.15) is 10.6 Å². The third kappa shape index (κ3) is 3.07. The molecule has 0 aliphatic carbocycles. The minimum Gasteiger partial charge on any atom is -0.450 e. The van der Waals surface area contributed by atoms with Crippen LogP contribution in [0.2, 0.25) is 0 Å². The van der Waals surface area contributed by atoms with E-state index in [0.29, 0.717) is 5.75 Å². The van der Waals surface area contributed by atoms with Gasteiger partial charge >= 0.3 is 5.69 Å². The fourth-order valence-corrected chi connectivity index (χ4v) is 3.27. The summed E-state index contributed by atoms with van der Waals surface area (Å²) in [4.78, 5) is 10.2. The second kappa shape index (κ2) is 5.93. The fraction of sp³-hybridized carbons (Fsp3) is 0.0588. The molecule has 0 unspecified atom stereocenters. The second-order valence-corrected chi connectivity index (χ2v) is 7.23. The van der Waals surface area contributed by atoms with E-state index in [2.05, 4.69) is 0 Å². The van der Waals surface area contributed by atoms with Gasteiger partial charge in [0, 0.05) is 6.26 Å². The van der Waals surface area contributed by atoms with Crippen molar-refractivity contribution in [2.45, 2.75) is 4.90 Å². The Bertz CT molecular complexity index is 1040. The molecule has 0 spiro atoms. The van der Waals surface area contributed by atoms with Crippen molar-refractivity contribution in [1.29, 1.82) is 0 Å². The highest BCUT2D eigenvalue weighted by Crippen LogP contribution is 2.37. The van der Waals surface area contributed by atoms with Gasteiger partial charge in [-0.3, -0.25) is 10.1 Å². The van der Waals surface area contributed by atoms with Gasteiger partial charge in [-0.05, 0) is 35.0 Å². The average molecular weight is 343 g/mol. The van der Waals surface area contributed by atoms with Crippen LogP contribution in [0.3, 0.4) is 0 Å². The molecule has 0 aromatic heterocycles. The number of ether oxygens (including phenoxy) is 1. The fourth-order valence-electron chi connectivity index (χ4n) is 2.42. The van der Waals surface area contributed by atoms with Crippen LogP contribution in [0, 0.1) is 10.1 Å². The molecule has 24 heavy (non-hydrogen) atoms. The van der Waals surface area contributed by atoms with Crippen LogP contribution >= 0.6 is 0 Å². The first-order chi connectivity index (χ1) is 11.4. The molecule has 3 aromatic carbocycles. The number of hydrogen-bond acceptors (Lipinski definition) is 5. The lowest BCUT2D eigenvalue weighted by Crippen LogP contribution is -2.04. The summed E-state index contributed by atoms with van der Waals surface area (Å²) in [7, 11) is -3.75. The molecule has 0 heterocycles.